The van der Waals surface area contributed by atoms with Crippen molar-refractivity contribution in [1.29, 1.82) is 0 Å². The van der Waals surface area contributed by atoms with Crippen molar-refractivity contribution in [1.82, 2.24) is 4.90 Å². The van der Waals surface area contributed by atoms with Crippen molar-refractivity contribution >= 4 is 40.6 Å². The topological polar surface area (TPSA) is 108 Å². The lowest BCUT2D eigenvalue weighted by Crippen LogP contribution is -2.35. The van der Waals surface area contributed by atoms with E-state index >= 15 is 0 Å². The number of carbonyl (C=O) groups is 4. The molecule has 0 aromatic heterocycles. The second kappa shape index (κ2) is 11.6. The molecule has 164 valence electrons. The molecule has 8 nitrogen and oxygen atoms in total. The molecule has 0 atom stereocenters. The molecule has 0 saturated heterocycles. The second-order valence-electron chi connectivity index (χ2n) is 7.11. The van der Waals surface area contributed by atoms with E-state index in [1.165, 1.54) is 13.8 Å². The van der Waals surface area contributed by atoms with Gasteiger partial charge in [0.2, 0.25) is 17.7 Å². The van der Waals surface area contributed by atoms with Crippen LogP contribution < -0.4 is 16.0 Å². The SMILES string of the molecule is CCN(CCC(=O)Nc1ccc(C(C)=O)cc1)CC(=O)Nc1ccc(NC(C)=O)cc1. The van der Waals surface area contributed by atoms with Gasteiger partial charge in [-0.15, -0.1) is 0 Å². The third kappa shape index (κ3) is 8.39. The van der Waals surface area contributed by atoms with Gasteiger partial charge in [-0.3, -0.25) is 24.1 Å². The molecule has 0 saturated carbocycles. The molecule has 0 aliphatic carbocycles. The van der Waals surface area contributed by atoms with Crippen molar-refractivity contribution in [2.24, 2.45) is 0 Å². The summed E-state index contributed by atoms with van der Waals surface area (Å²) in [4.78, 5) is 48.8. The summed E-state index contributed by atoms with van der Waals surface area (Å²) in [6.07, 6.45) is 0.237. The summed E-state index contributed by atoms with van der Waals surface area (Å²) in [6, 6.07) is 13.6. The number of ketones is 1. The van der Waals surface area contributed by atoms with E-state index in [9.17, 15) is 19.2 Å². The molecule has 0 heterocycles. The normalized spacial score (nSPS) is 10.5. The van der Waals surface area contributed by atoms with Gasteiger partial charge in [0.05, 0.1) is 6.54 Å². The number of hydrogen-bond donors (Lipinski definition) is 3. The average molecular weight is 425 g/mol. The predicted molar refractivity (Wildman–Crippen MR) is 121 cm³/mol. The molecular formula is C23H28N4O4. The van der Waals surface area contributed by atoms with E-state index in [4.69, 9.17) is 0 Å². The highest BCUT2D eigenvalue weighted by Gasteiger charge is 2.12. The highest BCUT2D eigenvalue weighted by molar-refractivity contribution is 5.96. The molecule has 3 amide bonds. The Hall–Kier alpha value is -3.52. The van der Waals surface area contributed by atoms with Gasteiger partial charge in [0.15, 0.2) is 5.78 Å². The maximum Gasteiger partial charge on any atom is 0.238 e. The van der Waals surface area contributed by atoms with Crippen LogP contribution in [0.5, 0.6) is 0 Å². The highest BCUT2D eigenvalue weighted by Crippen LogP contribution is 2.14. The standard InChI is InChI=1S/C23H28N4O4/c1-4-27(14-13-22(30)25-20-7-5-18(6-8-20)16(2)28)15-23(31)26-21-11-9-19(10-12-21)24-17(3)29/h5-12H,4,13-15H2,1-3H3,(H,24,29)(H,25,30)(H,26,31). The Morgan fingerprint density at radius 1 is 0.742 bits per heavy atom. The summed E-state index contributed by atoms with van der Waals surface area (Å²) < 4.78 is 0. The molecule has 0 spiro atoms. The first-order valence-electron chi connectivity index (χ1n) is 10.1. The summed E-state index contributed by atoms with van der Waals surface area (Å²) in [6.45, 7) is 6.06. The number of amides is 3. The van der Waals surface area contributed by atoms with Crippen LogP contribution in [-0.4, -0.2) is 48.0 Å². The first-order valence-corrected chi connectivity index (χ1v) is 10.1. The lowest BCUT2D eigenvalue weighted by molar-refractivity contribution is -0.119. The number of anilines is 3. The number of carbonyl (C=O) groups excluding carboxylic acids is 4. The van der Waals surface area contributed by atoms with Crippen molar-refractivity contribution in [3.05, 3.63) is 54.1 Å². The maximum atomic E-state index is 12.3. The summed E-state index contributed by atoms with van der Waals surface area (Å²) >= 11 is 0. The van der Waals surface area contributed by atoms with Crippen LogP contribution in [0.4, 0.5) is 17.1 Å². The fraction of sp³-hybridized carbons (Fsp3) is 0.304. The molecule has 2 rings (SSSR count). The minimum absolute atomic E-state index is 0.0292. The largest absolute Gasteiger partial charge is 0.326 e. The number of rotatable bonds is 10. The monoisotopic (exact) mass is 424 g/mol. The Morgan fingerprint density at radius 2 is 1.23 bits per heavy atom. The minimum atomic E-state index is -0.186. The number of likely N-dealkylation sites (N-methyl/N-ethyl adjacent to an activating group) is 1. The van der Waals surface area contributed by atoms with Gasteiger partial charge >= 0.3 is 0 Å². The van der Waals surface area contributed by atoms with E-state index in [1.54, 1.807) is 48.5 Å². The molecule has 2 aromatic rings. The van der Waals surface area contributed by atoms with Crippen LogP contribution in [0.1, 0.15) is 37.6 Å². The molecule has 2 aromatic carbocycles. The molecule has 0 fully saturated rings. The van der Waals surface area contributed by atoms with Crippen LogP contribution in [0.2, 0.25) is 0 Å². The zero-order valence-electron chi connectivity index (χ0n) is 18.0. The van der Waals surface area contributed by atoms with Crippen LogP contribution in [-0.2, 0) is 14.4 Å². The van der Waals surface area contributed by atoms with Crippen molar-refractivity contribution in [3.8, 4) is 0 Å². The quantitative estimate of drug-likeness (QED) is 0.508. The third-order valence-corrected chi connectivity index (χ3v) is 4.53. The fourth-order valence-corrected chi connectivity index (χ4v) is 2.86. The van der Waals surface area contributed by atoms with Crippen LogP contribution in [0.15, 0.2) is 48.5 Å². The first kappa shape index (κ1) is 23.8. The van der Waals surface area contributed by atoms with E-state index in [-0.39, 0.29) is 36.5 Å². The van der Waals surface area contributed by atoms with Crippen molar-refractivity contribution in [3.63, 3.8) is 0 Å². The summed E-state index contributed by atoms with van der Waals surface area (Å²) in [5.74, 6) is -0.539. The Kier molecular flexibility index (Phi) is 8.90. The van der Waals surface area contributed by atoms with E-state index in [1.807, 2.05) is 11.8 Å². The summed E-state index contributed by atoms with van der Waals surface area (Å²) in [7, 11) is 0. The molecule has 8 heteroatoms. The number of Topliss-reactive ketones (excluding diaryl/α,β-unsaturated/α-hetero) is 1. The minimum Gasteiger partial charge on any atom is -0.326 e. The van der Waals surface area contributed by atoms with Gasteiger partial charge < -0.3 is 16.0 Å². The Labute approximate surface area is 182 Å². The fourth-order valence-electron chi connectivity index (χ4n) is 2.86. The van der Waals surface area contributed by atoms with Gasteiger partial charge in [-0.05, 0) is 62.0 Å². The Bertz CT molecular complexity index is 924. The maximum absolute atomic E-state index is 12.3. The average Bonchev–Trinajstić information content (AvgIpc) is 2.72. The van der Waals surface area contributed by atoms with Gasteiger partial charge in [-0.2, -0.15) is 0 Å². The van der Waals surface area contributed by atoms with E-state index in [0.717, 1.165) is 0 Å². The first-order chi connectivity index (χ1) is 14.8. The lowest BCUT2D eigenvalue weighted by atomic mass is 10.1. The van der Waals surface area contributed by atoms with E-state index in [2.05, 4.69) is 16.0 Å². The van der Waals surface area contributed by atoms with Crippen molar-refractivity contribution in [2.75, 3.05) is 35.6 Å². The molecule has 0 unspecified atom stereocenters. The van der Waals surface area contributed by atoms with Crippen LogP contribution in [0.25, 0.3) is 0 Å². The number of benzene rings is 2. The van der Waals surface area contributed by atoms with Crippen LogP contribution in [0, 0.1) is 0 Å². The lowest BCUT2D eigenvalue weighted by Gasteiger charge is -2.19. The Balaban J connectivity index is 1.78. The number of hydrogen-bond acceptors (Lipinski definition) is 5. The molecule has 0 bridgehead atoms. The van der Waals surface area contributed by atoms with Gasteiger partial charge in [0.1, 0.15) is 0 Å². The predicted octanol–water partition coefficient (Wildman–Crippen LogP) is 3.14. The molecule has 0 aliphatic rings. The van der Waals surface area contributed by atoms with Gasteiger partial charge in [0, 0.05) is 42.5 Å². The Morgan fingerprint density at radius 3 is 1.71 bits per heavy atom. The second-order valence-corrected chi connectivity index (χ2v) is 7.11. The summed E-state index contributed by atoms with van der Waals surface area (Å²) in [5, 5.41) is 8.27. The smallest absolute Gasteiger partial charge is 0.238 e. The number of nitrogens with zero attached hydrogens (tertiary/aromatic N) is 1. The van der Waals surface area contributed by atoms with E-state index < -0.39 is 0 Å². The van der Waals surface area contributed by atoms with Gasteiger partial charge in [0.25, 0.3) is 0 Å². The molecular weight excluding hydrogens is 396 g/mol. The van der Waals surface area contributed by atoms with Crippen LogP contribution in [0.3, 0.4) is 0 Å². The summed E-state index contributed by atoms with van der Waals surface area (Å²) in [5.41, 5.74) is 2.49. The molecule has 31 heavy (non-hydrogen) atoms. The third-order valence-electron chi connectivity index (χ3n) is 4.53. The van der Waals surface area contributed by atoms with Gasteiger partial charge in [-0.1, -0.05) is 6.92 Å². The highest BCUT2D eigenvalue weighted by atomic mass is 16.2. The van der Waals surface area contributed by atoms with Crippen molar-refractivity contribution in [2.45, 2.75) is 27.2 Å². The zero-order valence-corrected chi connectivity index (χ0v) is 18.0. The molecule has 3 N–H and O–H groups in total. The zero-order chi connectivity index (χ0) is 22.8. The number of nitrogens with one attached hydrogen (secondary N) is 3. The van der Waals surface area contributed by atoms with Crippen molar-refractivity contribution < 1.29 is 19.2 Å². The van der Waals surface area contributed by atoms with Crippen LogP contribution >= 0.6 is 0 Å². The van der Waals surface area contributed by atoms with Gasteiger partial charge in [-0.25, -0.2) is 0 Å². The molecule has 0 radical (unpaired) electrons. The van der Waals surface area contributed by atoms with E-state index in [0.29, 0.717) is 35.7 Å². The molecule has 0 aliphatic heterocycles.